The fourth-order valence-corrected chi connectivity index (χ4v) is 4.37. The number of nitrogens with zero attached hydrogens (tertiary/aromatic N) is 3. The molecule has 2 atom stereocenters. The van der Waals surface area contributed by atoms with Crippen LogP contribution < -0.4 is 10.5 Å². The van der Waals surface area contributed by atoms with Crippen molar-refractivity contribution in [2.75, 3.05) is 11.4 Å². The molecule has 21 heavy (non-hydrogen) atoms. The fraction of sp³-hybridized carbons (Fsp3) is 0.733. The van der Waals surface area contributed by atoms with E-state index in [1.807, 2.05) is 0 Å². The molecule has 0 radical (unpaired) electrons. The summed E-state index contributed by atoms with van der Waals surface area (Å²) in [5.41, 5.74) is 0.696. The van der Waals surface area contributed by atoms with E-state index < -0.39 is 0 Å². The second kappa shape index (κ2) is 6.08. The zero-order valence-electron chi connectivity index (χ0n) is 12.3. The van der Waals surface area contributed by atoms with Crippen LogP contribution in [-0.2, 0) is 7.05 Å². The van der Waals surface area contributed by atoms with Gasteiger partial charge in [-0.05, 0) is 41.1 Å². The largest absolute Gasteiger partial charge is 0.391 e. The van der Waals surface area contributed by atoms with Crippen LogP contribution in [-0.4, -0.2) is 33.6 Å². The van der Waals surface area contributed by atoms with Crippen molar-refractivity contribution in [2.45, 2.75) is 50.7 Å². The van der Waals surface area contributed by atoms with Crippen molar-refractivity contribution in [3.05, 3.63) is 21.0 Å². The number of aliphatic hydroxyl groups is 1. The van der Waals surface area contributed by atoms with Crippen LogP contribution >= 0.6 is 15.9 Å². The van der Waals surface area contributed by atoms with Crippen molar-refractivity contribution in [3.63, 3.8) is 0 Å². The van der Waals surface area contributed by atoms with Crippen molar-refractivity contribution < 1.29 is 5.11 Å². The first-order valence-electron chi connectivity index (χ1n) is 7.74. The summed E-state index contributed by atoms with van der Waals surface area (Å²) in [6.07, 6.45) is 8.55. The quantitative estimate of drug-likeness (QED) is 0.881. The number of aromatic nitrogens is 2. The normalized spacial score (nSPS) is 27.3. The molecule has 1 aliphatic carbocycles. The van der Waals surface area contributed by atoms with Gasteiger partial charge in [-0.1, -0.05) is 19.3 Å². The molecule has 3 rings (SSSR count). The summed E-state index contributed by atoms with van der Waals surface area (Å²) in [4.78, 5) is 14.3. The molecule has 1 aliphatic heterocycles. The van der Waals surface area contributed by atoms with Crippen LogP contribution in [0, 0.1) is 5.92 Å². The van der Waals surface area contributed by atoms with E-state index in [-0.39, 0.29) is 11.7 Å². The second-order valence-corrected chi connectivity index (χ2v) is 7.07. The van der Waals surface area contributed by atoms with E-state index in [1.165, 1.54) is 36.8 Å². The number of halogens is 1. The molecule has 6 heteroatoms. The van der Waals surface area contributed by atoms with Crippen molar-refractivity contribution in [2.24, 2.45) is 13.0 Å². The van der Waals surface area contributed by atoms with Crippen LogP contribution in [0.25, 0.3) is 0 Å². The molecule has 0 unspecified atom stereocenters. The van der Waals surface area contributed by atoms with Crippen LogP contribution in [0.5, 0.6) is 0 Å². The van der Waals surface area contributed by atoms with Crippen LogP contribution in [0.4, 0.5) is 5.69 Å². The lowest BCUT2D eigenvalue weighted by Gasteiger charge is -2.35. The summed E-state index contributed by atoms with van der Waals surface area (Å²) in [7, 11) is 1.65. The monoisotopic (exact) mass is 355 g/mol. The highest BCUT2D eigenvalue weighted by Gasteiger charge is 2.38. The van der Waals surface area contributed by atoms with Crippen molar-refractivity contribution in [1.29, 1.82) is 0 Å². The van der Waals surface area contributed by atoms with Gasteiger partial charge < -0.3 is 10.0 Å². The third kappa shape index (κ3) is 2.88. The maximum absolute atomic E-state index is 12.1. The standard InChI is InChI=1S/C15H22BrN3O2/c1-18-15(21)14(16)13(8-17-18)19-9-11(20)7-12(19)10-5-3-2-4-6-10/h8,10-12,20H,2-7,9H2,1H3/t11-,12-/m0/s1. The molecule has 2 aliphatic rings. The van der Waals surface area contributed by atoms with Gasteiger partial charge in [0, 0.05) is 19.6 Å². The smallest absolute Gasteiger partial charge is 0.282 e. The number of aryl methyl sites for hydroxylation is 1. The molecule has 0 amide bonds. The van der Waals surface area contributed by atoms with Gasteiger partial charge in [0.1, 0.15) is 4.47 Å². The van der Waals surface area contributed by atoms with E-state index in [4.69, 9.17) is 0 Å². The molecule has 1 aromatic heterocycles. The molecule has 5 nitrogen and oxygen atoms in total. The maximum Gasteiger partial charge on any atom is 0.282 e. The minimum absolute atomic E-state index is 0.128. The number of β-amino-alcohol motifs (C(OH)–C–C–N with tert-alkyl or cyclic N) is 1. The van der Waals surface area contributed by atoms with E-state index in [9.17, 15) is 9.90 Å². The number of anilines is 1. The zero-order chi connectivity index (χ0) is 15.0. The van der Waals surface area contributed by atoms with Gasteiger partial charge in [0.2, 0.25) is 0 Å². The lowest BCUT2D eigenvalue weighted by Crippen LogP contribution is -2.38. The Bertz CT molecular complexity index is 569. The summed E-state index contributed by atoms with van der Waals surface area (Å²) in [5.74, 6) is 0.617. The third-order valence-electron chi connectivity index (χ3n) is 4.88. The molecule has 116 valence electrons. The lowest BCUT2D eigenvalue weighted by molar-refractivity contribution is 0.185. The third-order valence-corrected chi connectivity index (χ3v) is 5.63. The minimum atomic E-state index is -0.312. The highest BCUT2D eigenvalue weighted by molar-refractivity contribution is 9.10. The SMILES string of the molecule is Cn1ncc(N2C[C@@H](O)C[C@H]2C2CCCCC2)c(Br)c1=O. The first kappa shape index (κ1) is 15.0. The van der Waals surface area contributed by atoms with Gasteiger partial charge in [-0.25, -0.2) is 4.68 Å². The van der Waals surface area contributed by atoms with E-state index >= 15 is 0 Å². The summed E-state index contributed by atoms with van der Waals surface area (Å²) in [6.45, 7) is 0.592. The number of hydrogen-bond acceptors (Lipinski definition) is 4. The molecule has 0 spiro atoms. The first-order valence-corrected chi connectivity index (χ1v) is 8.53. The van der Waals surface area contributed by atoms with Crippen LogP contribution in [0.1, 0.15) is 38.5 Å². The molecular weight excluding hydrogens is 334 g/mol. The van der Waals surface area contributed by atoms with Gasteiger partial charge in [0.15, 0.2) is 0 Å². The highest BCUT2D eigenvalue weighted by atomic mass is 79.9. The van der Waals surface area contributed by atoms with Crippen LogP contribution in [0.3, 0.4) is 0 Å². The van der Waals surface area contributed by atoms with Gasteiger partial charge in [-0.3, -0.25) is 4.79 Å². The van der Waals surface area contributed by atoms with Gasteiger partial charge in [0.25, 0.3) is 5.56 Å². The first-order chi connectivity index (χ1) is 10.1. The molecule has 1 aromatic rings. The summed E-state index contributed by atoms with van der Waals surface area (Å²) < 4.78 is 1.88. The Hall–Kier alpha value is -0.880. The van der Waals surface area contributed by atoms with E-state index in [0.29, 0.717) is 23.0 Å². The number of rotatable bonds is 2. The predicted molar refractivity (Wildman–Crippen MR) is 85.5 cm³/mol. The highest BCUT2D eigenvalue weighted by Crippen LogP contribution is 2.38. The number of hydrogen-bond donors (Lipinski definition) is 1. The van der Waals surface area contributed by atoms with Crippen molar-refractivity contribution >= 4 is 21.6 Å². The Morgan fingerprint density at radius 1 is 1.33 bits per heavy atom. The zero-order valence-corrected chi connectivity index (χ0v) is 13.9. The predicted octanol–water partition coefficient (Wildman–Crippen LogP) is 2.06. The molecule has 1 saturated heterocycles. The van der Waals surface area contributed by atoms with E-state index in [1.54, 1.807) is 13.2 Å². The Kier molecular flexibility index (Phi) is 4.36. The van der Waals surface area contributed by atoms with Crippen molar-refractivity contribution in [1.82, 2.24) is 9.78 Å². The Balaban J connectivity index is 1.91. The van der Waals surface area contributed by atoms with E-state index in [0.717, 1.165) is 12.1 Å². The van der Waals surface area contributed by atoms with Gasteiger partial charge in [0.05, 0.1) is 18.0 Å². The number of aliphatic hydroxyl groups excluding tert-OH is 1. The molecule has 0 aromatic carbocycles. The average molecular weight is 356 g/mol. The fourth-order valence-electron chi connectivity index (χ4n) is 3.79. The van der Waals surface area contributed by atoms with Gasteiger partial charge in [-0.2, -0.15) is 5.10 Å². The summed E-state index contributed by atoms with van der Waals surface area (Å²) in [5, 5.41) is 14.3. The van der Waals surface area contributed by atoms with Crippen LogP contribution in [0.2, 0.25) is 0 Å². The Morgan fingerprint density at radius 2 is 2.05 bits per heavy atom. The van der Waals surface area contributed by atoms with E-state index in [2.05, 4.69) is 25.9 Å². The average Bonchev–Trinajstić information content (AvgIpc) is 2.88. The van der Waals surface area contributed by atoms with Crippen molar-refractivity contribution in [3.8, 4) is 0 Å². The summed E-state index contributed by atoms with van der Waals surface area (Å²) >= 11 is 3.42. The summed E-state index contributed by atoms with van der Waals surface area (Å²) in [6, 6.07) is 0.325. The second-order valence-electron chi connectivity index (χ2n) is 6.28. The van der Waals surface area contributed by atoms with Crippen LogP contribution in [0.15, 0.2) is 15.5 Å². The van der Waals surface area contributed by atoms with Gasteiger partial charge >= 0.3 is 0 Å². The Morgan fingerprint density at radius 3 is 2.76 bits per heavy atom. The lowest BCUT2D eigenvalue weighted by atomic mass is 9.82. The molecule has 0 bridgehead atoms. The molecule has 2 heterocycles. The molecule has 2 fully saturated rings. The Labute approximate surface area is 133 Å². The van der Waals surface area contributed by atoms with Gasteiger partial charge in [-0.15, -0.1) is 0 Å². The topological polar surface area (TPSA) is 58.4 Å². The minimum Gasteiger partial charge on any atom is -0.391 e. The molecule has 1 N–H and O–H groups in total. The maximum atomic E-state index is 12.1. The molecular formula is C15H22BrN3O2. The molecule has 1 saturated carbocycles.